The number of hydrogen-bond donors (Lipinski definition) is 1. The van der Waals surface area contributed by atoms with Crippen LogP contribution >= 0.6 is 0 Å². The van der Waals surface area contributed by atoms with E-state index in [9.17, 15) is 0 Å². The van der Waals surface area contributed by atoms with E-state index in [1.54, 1.807) is 7.11 Å². The molecule has 0 saturated heterocycles. The van der Waals surface area contributed by atoms with Crippen molar-refractivity contribution < 1.29 is 4.74 Å². The van der Waals surface area contributed by atoms with Gasteiger partial charge in [0.25, 0.3) is 0 Å². The molecule has 0 amide bonds. The molecule has 0 aliphatic heterocycles. The summed E-state index contributed by atoms with van der Waals surface area (Å²) in [5.74, 6) is 0. The zero-order chi connectivity index (χ0) is 13.6. The summed E-state index contributed by atoms with van der Waals surface area (Å²) in [6.45, 7) is 7.09. The third kappa shape index (κ3) is 4.87. The molecule has 0 radical (unpaired) electrons. The average molecular weight is 246 g/mol. The Morgan fingerprint density at radius 2 is 2.17 bits per heavy atom. The molecule has 0 heterocycles. The van der Waals surface area contributed by atoms with E-state index < -0.39 is 0 Å². The second-order valence-electron chi connectivity index (χ2n) is 5.26. The monoisotopic (exact) mass is 246 g/mol. The van der Waals surface area contributed by atoms with Crippen LogP contribution in [0.3, 0.4) is 0 Å². The van der Waals surface area contributed by atoms with Crippen molar-refractivity contribution in [1.82, 2.24) is 5.32 Å². The SMILES string of the molecule is COC(C)(C)CC(C)NCc1cccc(C#N)c1. The van der Waals surface area contributed by atoms with Gasteiger partial charge in [-0.1, -0.05) is 12.1 Å². The minimum Gasteiger partial charge on any atom is -0.379 e. The molecule has 0 bridgehead atoms. The van der Waals surface area contributed by atoms with Gasteiger partial charge in [-0.05, 0) is 44.9 Å². The molecule has 1 aromatic carbocycles. The van der Waals surface area contributed by atoms with Crippen LogP contribution in [0.25, 0.3) is 0 Å². The fraction of sp³-hybridized carbons (Fsp3) is 0.533. The average Bonchev–Trinajstić information content (AvgIpc) is 2.36. The van der Waals surface area contributed by atoms with Gasteiger partial charge < -0.3 is 10.1 Å². The lowest BCUT2D eigenvalue weighted by atomic mass is 9.99. The molecule has 98 valence electrons. The maximum absolute atomic E-state index is 8.84. The van der Waals surface area contributed by atoms with Gasteiger partial charge in [0.15, 0.2) is 0 Å². The summed E-state index contributed by atoms with van der Waals surface area (Å²) in [5.41, 5.74) is 1.73. The Morgan fingerprint density at radius 1 is 1.44 bits per heavy atom. The van der Waals surface area contributed by atoms with Gasteiger partial charge >= 0.3 is 0 Å². The standard InChI is InChI=1S/C15H22N2O/c1-12(9-15(2,3)18-4)17-11-14-7-5-6-13(8-14)10-16/h5-8,12,17H,9,11H2,1-4H3. The smallest absolute Gasteiger partial charge is 0.0991 e. The number of nitriles is 1. The second-order valence-corrected chi connectivity index (χ2v) is 5.26. The fourth-order valence-electron chi connectivity index (χ4n) is 1.94. The Labute approximate surface area is 110 Å². The summed E-state index contributed by atoms with van der Waals surface area (Å²) in [6, 6.07) is 10.2. The molecule has 1 aromatic rings. The third-order valence-electron chi connectivity index (χ3n) is 3.06. The Kier molecular flexibility index (Phi) is 5.33. The minimum absolute atomic E-state index is 0.110. The highest BCUT2D eigenvalue weighted by atomic mass is 16.5. The molecule has 1 N–H and O–H groups in total. The number of benzene rings is 1. The van der Waals surface area contributed by atoms with Crippen LogP contribution < -0.4 is 5.32 Å². The van der Waals surface area contributed by atoms with Crippen molar-refractivity contribution in [1.29, 1.82) is 5.26 Å². The zero-order valence-corrected chi connectivity index (χ0v) is 11.7. The van der Waals surface area contributed by atoms with Gasteiger partial charge in [-0.25, -0.2) is 0 Å². The lowest BCUT2D eigenvalue weighted by molar-refractivity contribution is 0.00844. The molecule has 18 heavy (non-hydrogen) atoms. The molecular weight excluding hydrogens is 224 g/mol. The van der Waals surface area contributed by atoms with Crippen molar-refractivity contribution in [3.8, 4) is 6.07 Å². The van der Waals surface area contributed by atoms with E-state index in [0.29, 0.717) is 11.6 Å². The van der Waals surface area contributed by atoms with E-state index in [2.05, 4.69) is 32.2 Å². The summed E-state index contributed by atoms with van der Waals surface area (Å²) in [5, 5.41) is 12.3. The number of methoxy groups -OCH3 is 1. The number of ether oxygens (including phenoxy) is 1. The van der Waals surface area contributed by atoms with Gasteiger partial charge in [0, 0.05) is 19.7 Å². The predicted octanol–water partition coefficient (Wildman–Crippen LogP) is 2.85. The highest BCUT2D eigenvalue weighted by Gasteiger charge is 2.19. The zero-order valence-electron chi connectivity index (χ0n) is 11.7. The number of nitrogens with zero attached hydrogens (tertiary/aromatic N) is 1. The lowest BCUT2D eigenvalue weighted by Crippen LogP contribution is -2.35. The third-order valence-corrected chi connectivity index (χ3v) is 3.06. The van der Waals surface area contributed by atoms with Crippen LogP contribution in [0.4, 0.5) is 0 Å². The lowest BCUT2D eigenvalue weighted by Gasteiger charge is -2.27. The van der Waals surface area contributed by atoms with Crippen molar-refractivity contribution in [2.45, 2.75) is 45.4 Å². The molecule has 0 saturated carbocycles. The summed E-state index contributed by atoms with van der Waals surface area (Å²) in [4.78, 5) is 0. The maximum atomic E-state index is 8.84. The van der Waals surface area contributed by atoms with Crippen LogP contribution in [-0.4, -0.2) is 18.8 Å². The maximum Gasteiger partial charge on any atom is 0.0991 e. The molecule has 0 aromatic heterocycles. The van der Waals surface area contributed by atoms with Crippen LogP contribution in [0.5, 0.6) is 0 Å². The van der Waals surface area contributed by atoms with Gasteiger partial charge in [0.05, 0.1) is 17.2 Å². The highest BCUT2D eigenvalue weighted by molar-refractivity contribution is 5.32. The Bertz CT molecular complexity index is 421. The first-order valence-electron chi connectivity index (χ1n) is 6.24. The molecule has 1 unspecified atom stereocenters. The molecular formula is C15H22N2O. The van der Waals surface area contributed by atoms with Crippen molar-refractivity contribution in [3.05, 3.63) is 35.4 Å². The topological polar surface area (TPSA) is 45.0 Å². The predicted molar refractivity (Wildman–Crippen MR) is 73.2 cm³/mol. The normalized spacial score (nSPS) is 13.1. The van der Waals surface area contributed by atoms with Gasteiger partial charge in [-0.15, -0.1) is 0 Å². The quantitative estimate of drug-likeness (QED) is 0.839. The van der Waals surface area contributed by atoms with Crippen LogP contribution in [0, 0.1) is 11.3 Å². The Balaban J connectivity index is 2.47. The molecule has 3 nitrogen and oxygen atoms in total. The fourth-order valence-corrected chi connectivity index (χ4v) is 1.94. The first-order chi connectivity index (χ1) is 8.46. The summed E-state index contributed by atoms with van der Waals surface area (Å²) >= 11 is 0. The minimum atomic E-state index is -0.110. The van der Waals surface area contributed by atoms with Crippen molar-refractivity contribution >= 4 is 0 Å². The van der Waals surface area contributed by atoms with E-state index in [4.69, 9.17) is 10.00 Å². The van der Waals surface area contributed by atoms with E-state index in [1.807, 2.05) is 24.3 Å². The summed E-state index contributed by atoms with van der Waals surface area (Å²) in [6.07, 6.45) is 0.946. The second kappa shape index (κ2) is 6.53. The molecule has 1 rings (SSSR count). The van der Waals surface area contributed by atoms with Gasteiger partial charge in [-0.3, -0.25) is 0 Å². The number of hydrogen-bond acceptors (Lipinski definition) is 3. The number of rotatable bonds is 6. The van der Waals surface area contributed by atoms with Crippen molar-refractivity contribution in [3.63, 3.8) is 0 Å². The first-order valence-corrected chi connectivity index (χ1v) is 6.24. The Morgan fingerprint density at radius 3 is 2.78 bits per heavy atom. The van der Waals surface area contributed by atoms with Gasteiger partial charge in [-0.2, -0.15) is 5.26 Å². The highest BCUT2D eigenvalue weighted by Crippen LogP contribution is 2.15. The largest absolute Gasteiger partial charge is 0.379 e. The van der Waals surface area contributed by atoms with Crippen LogP contribution in [-0.2, 0) is 11.3 Å². The van der Waals surface area contributed by atoms with Crippen molar-refractivity contribution in [2.24, 2.45) is 0 Å². The molecule has 0 aliphatic carbocycles. The number of nitrogens with one attached hydrogen (secondary N) is 1. The van der Waals surface area contributed by atoms with Gasteiger partial charge in [0.1, 0.15) is 0 Å². The molecule has 0 spiro atoms. The molecule has 1 atom stereocenters. The van der Waals surface area contributed by atoms with Crippen LogP contribution in [0.15, 0.2) is 24.3 Å². The van der Waals surface area contributed by atoms with E-state index in [0.717, 1.165) is 18.5 Å². The van der Waals surface area contributed by atoms with Gasteiger partial charge in [0.2, 0.25) is 0 Å². The molecule has 0 aliphatic rings. The Hall–Kier alpha value is -1.37. The van der Waals surface area contributed by atoms with E-state index in [-0.39, 0.29) is 5.60 Å². The first kappa shape index (κ1) is 14.7. The molecule has 3 heteroatoms. The summed E-state index contributed by atoms with van der Waals surface area (Å²) in [7, 11) is 1.74. The van der Waals surface area contributed by atoms with Crippen LogP contribution in [0.1, 0.15) is 38.3 Å². The van der Waals surface area contributed by atoms with Crippen molar-refractivity contribution in [2.75, 3.05) is 7.11 Å². The van der Waals surface area contributed by atoms with Crippen LogP contribution in [0.2, 0.25) is 0 Å². The molecule has 0 fully saturated rings. The summed E-state index contributed by atoms with van der Waals surface area (Å²) < 4.78 is 5.41. The van der Waals surface area contributed by atoms with E-state index in [1.165, 1.54) is 0 Å². The van der Waals surface area contributed by atoms with E-state index >= 15 is 0 Å².